The summed E-state index contributed by atoms with van der Waals surface area (Å²) in [6.07, 6.45) is 0. The topological polar surface area (TPSA) is 3.24 Å². The summed E-state index contributed by atoms with van der Waals surface area (Å²) in [6.45, 7) is 9.50. The smallest absolute Gasteiger partial charge is 0.0731 e. The van der Waals surface area contributed by atoms with Crippen molar-refractivity contribution >= 4 is 17.1 Å². The van der Waals surface area contributed by atoms with Gasteiger partial charge >= 0.3 is 0 Å². The molecule has 4 aliphatic carbocycles. The summed E-state index contributed by atoms with van der Waals surface area (Å²) in [5.41, 5.74) is 27.0. The fourth-order valence-corrected chi connectivity index (χ4v) is 12.3. The molecule has 0 amide bonds. The lowest BCUT2D eigenvalue weighted by Crippen LogP contribution is -2.26. The highest BCUT2D eigenvalue weighted by atomic mass is 15.1. The minimum absolute atomic E-state index is 0.113. The Morgan fingerprint density at radius 1 is 0.274 bits per heavy atom. The van der Waals surface area contributed by atoms with Crippen molar-refractivity contribution in [3.8, 4) is 55.6 Å². The summed E-state index contributed by atoms with van der Waals surface area (Å²) < 4.78 is 0. The van der Waals surface area contributed by atoms with Gasteiger partial charge in [-0.1, -0.05) is 191 Å². The number of fused-ring (bicyclic) bond motifs is 16. The van der Waals surface area contributed by atoms with Crippen LogP contribution in [-0.4, -0.2) is 0 Å². The predicted octanol–water partition coefficient (Wildman–Crippen LogP) is 15.8. The maximum atomic E-state index is 2.48. The van der Waals surface area contributed by atoms with Crippen molar-refractivity contribution in [1.82, 2.24) is 0 Å². The van der Waals surface area contributed by atoms with Crippen LogP contribution in [-0.2, 0) is 16.2 Å². The second kappa shape index (κ2) is 12.4. The van der Waals surface area contributed by atoms with Gasteiger partial charge in [0, 0.05) is 27.9 Å². The van der Waals surface area contributed by atoms with E-state index < -0.39 is 5.41 Å². The molecular weight excluding hydrogens is 747 g/mol. The summed E-state index contributed by atoms with van der Waals surface area (Å²) in [5.74, 6) is 0. The van der Waals surface area contributed by atoms with E-state index in [0.717, 1.165) is 5.69 Å². The maximum absolute atomic E-state index is 2.48. The van der Waals surface area contributed by atoms with Gasteiger partial charge in [0.25, 0.3) is 0 Å². The SMILES string of the molecule is CC1(C)c2ccccc2-c2ccc(N(c3ccc(-c4cccc5c4C4(c6ccccc6-c6ccccc64)c4ccccc4-5)cc3)c3ccc4c(c3)C(C)(C)c3ccccc3-4)cc21. The molecular formula is C61H45N. The minimum atomic E-state index is -0.413. The Bertz CT molecular complexity index is 3190. The largest absolute Gasteiger partial charge is 0.310 e. The van der Waals surface area contributed by atoms with Crippen LogP contribution in [0.25, 0.3) is 55.6 Å². The molecule has 1 nitrogen and oxygen atoms in total. The minimum Gasteiger partial charge on any atom is -0.310 e. The molecule has 9 aromatic rings. The number of benzene rings is 9. The molecule has 0 unspecified atom stereocenters. The molecule has 0 atom stereocenters. The van der Waals surface area contributed by atoms with E-state index in [1.807, 2.05) is 0 Å². The number of anilines is 3. The predicted molar refractivity (Wildman–Crippen MR) is 258 cm³/mol. The van der Waals surface area contributed by atoms with Crippen LogP contribution in [0.1, 0.15) is 72.2 Å². The lowest BCUT2D eigenvalue weighted by Gasteiger charge is -2.32. The third-order valence-electron chi connectivity index (χ3n) is 15.1. The second-order valence-corrected chi connectivity index (χ2v) is 18.8. The third-order valence-corrected chi connectivity index (χ3v) is 15.1. The number of nitrogens with zero attached hydrogens (tertiary/aromatic N) is 1. The first kappa shape index (κ1) is 35.5. The molecule has 62 heavy (non-hydrogen) atoms. The summed E-state index contributed by atoms with van der Waals surface area (Å²) >= 11 is 0. The fraction of sp³-hybridized carbons (Fsp3) is 0.115. The molecule has 1 spiro atoms. The lowest BCUT2D eigenvalue weighted by molar-refractivity contribution is 0.660. The molecule has 0 heterocycles. The van der Waals surface area contributed by atoms with Gasteiger partial charge in [0.05, 0.1) is 5.41 Å². The van der Waals surface area contributed by atoms with Crippen LogP contribution < -0.4 is 4.90 Å². The normalized spacial score (nSPS) is 15.5. The number of hydrogen-bond acceptors (Lipinski definition) is 1. The van der Waals surface area contributed by atoms with Crippen molar-refractivity contribution < 1.29 is 0 Å². The first-order valence-electron chi connectivity index (χ1n) is 22.1. The maximum Gasteiger partial charge on any atom is 0.0731 e. The van der Waals surface area contributed by atoms with Crippen molar-refractivity contribution in [1.29, 1.82) is 0 Å². The van der Waals surface area contributed by atoms with Gasteiger partial charge in [-0.3, -0.25) is 0 Å². The zero-order chi connectivity index (χ0) is 41.5. The molecule has 294 valence electrons. The molecule has 4 aliphatic rings. The van der Waals surface area contributed by atoms with Gasteiger partial charge in [0.1, 0.15) is 0 Å². The summed E-state index contributed by atoms with van der Waals surface area (Å²) in [7, 11) is 0. The van der Waals surface area contributed by atoms with Crippen LogP contribution in [0.3, 0.4) is 0 Å². The molecule has 9 aromatic carbocycles. The molecule has 0 aromatic heterocycles. The molecule has 0 radical (unpaired) electrons. The van der Waals surface area contributed by atoms with E-state index in [-0.39, 0.29) is 10.8 Å². The third kappa shape index (κ3) is 4.48. The Kier molecular flexibility index (Phi) is 7.12. The zero-order valence-corrected chi connectivity index (χ0v) is 35.5. The fourth-order valence-electron chi connectivity index (χ4n) is 12.3. The molecule has 0 saturated carbocycles. The lowest BCUT2D eigenvalue weighted by atomic mass is 9.68. The van der Waals surface area contributed by atoms with Gasteiger partial charge in [-0.15, -0.1) is 0 Å². The van der Waals surface area contributed by atoms with Gasteiger partial charge in [-0.25, -0.2) is 0 Å². The van der Waals surface area contributed by atoms with Crippen molar-refractivity contribution in [2.75, 3.05) is 4.90 Å². The quantitative estimate of drug-likeness (QED) is 0.172. The highest BCUT2D eigenvalue weighted by molar-refractivity contribution is 5.99. The summed E-state index contributed by atoms with van der Waals surface area (Å²) in [4.78, 5) is 2.48. The Morgan fingerprint density at radius 3 is 1.08 bits per heavy atom. The molecule has 0 N–H and O–H groups in total. The Morgan fingerprint density at radius 2 is 0.613 bits per heavy atom. The van der Waals surface area contributed by atoms with Crippen molar-refractivity contribution in [2.24, 2.45) is 0 Å². The standard InChI is InChI=1S/C61H45N/c1-59(2)51-23-10-5-16-43(51)48-34-32-40(36-56(48)59)62(41-33-35-49-44-17-6-11-24-52(44)60(3,4)57(49)37-41)39-30-28-38(29-31-39)42-21-15-22-50-47-20-9-14-27-55(47)61(58(42)50)53-25-12-7-18-45(53)46-19-8-13-26-54(46)61/h5-37H,1-4H3. The zero-order valence-electron chi connectivity index (χ0n) is 35.5. The molecule has 0 fully saturated rings. The van der Waals surface area contributed by atoms with Gasteiger partial charge in [0.15, 0.2) is 0 Å². The van der Waals surface area contributed by atoms with Gasteiger partial charge in [-0.2, -0.15) is 0 Å². The summed E-state index contributed by atoms with van der Waals surface area (Å²) in [5, 5.41) is 0. The van der Waals surface area contributed by atoms with E-state index >= 15 is 0 Å². The van der Waals surface area contributed by atoms with E-state index in [0.29, 0.717) is 0 Å². The van der Waals surface area contributed by atoms with Crippen molar-refractivity contribution in [3.05, 3.63) is 245 Å². The van der Waals surface area contributed by atoms with Crippen LogP contribution in [0.2, 0.25) is 0 Å². The van der Waals surface area contributed by atoms with E-state index in [4.69, 9.17) is 0 Å². The van der Waals surface area contributed by atoms with Gasteiger partial charge in [0.2, 0.25) is 0 Å². The van der Waals surface area contributed by atoms with Crippen molar-refractivity contribution in [3.63, 3.8) is 0 Å². The van der Waals surface area contributed by atoms with E-state index in [1.54, 1.807) is 0 Å². The molecule has 13 rings (SSSR count). The Labute approximate surface area is 364 Å². The molecule has 0 aliphatic heterocycles. The van der Waals surface area contributed by atoms with Crippen LogP contribution >= 0.6 is 0 Å². The first-order valence-corrected chi connectivity index (χ1v) is 22.1. The average molecular weight is 792 g/mol. The molecule has 1 heteroatoms. The van der Waals surface area contributed by atoms with Crippen molar-refractivity contribution in [2.45, 2.75) is 43.9 Å². The second-order valence-electron chi connectivity index (χ2n) is 18.8. The number of rotatable bonds is 4. The Balaban J connectivity index is 0.996. The van der Waals surface area contributed by atoms with Gasteiger partial charge in [-0.05, 0) is 137 Å². The highest BCUT2D eigenvalue weighted by Gasteiger charge is 2.52. The van der Waals surface area contributed by atoms with Crippen LogP contribution in [0.5, 0.6) is 0 Å². The van der Waals surface area contributed by atoms with Crippen LogP contribution in [0.15, 0.2) is 200 Å². The number of hydrogen-bond donors (Lipinski definition) is 0. The Hall–Kier alpha value is -7.22. The average Bonchev–Trinajstić information content (AvgIpc) is 3.95. The van der Waals surface area contributed by atoms with Crippen LogP contribution in [0, 0.1) is 0 Å². The first-order chi connectivity index (χ1) is 30.3. The molecule has 0 bridgehead atoms. The van der Waals surface area contributed by atoms with E-state index in [9.17, 15) is 0 Å². The summed E-state index contributed by atoms with van der Waals surface area (Å²) in [6, 6.07) is 75.8. The highest BCUT2D eigenvalue weighted by Crippen LogP contribution is 2.64. The monoisotopic (exact) mass is 791 g/mol. The van der Waals surface area contributed by atoms with E-state index in [2.05, 4.69) is 233 Å². The van der Waals surface area contributed by atoms with Gasteiger partial charge < -0.3 is 4.90 Å². The molecule has 0 saturated heterocycles. The van der Waals surface area contributed by atoms with E-state index in [1.165, 1.54) is 112 Å². The van der Waals surface area contributed by atoms with Crippen LogP contribution in [0.4, 0.5) is 17.1 Å².